The van der Waals surface area contributed by atoms with E-state index in [1.807, 2.05) is 13.1 Å². The number of hydrogen-bond acceptors (Lipinski definition) is 3. The Bertz CT molecular complexity index is 863. The van der Waals surface area contributed by atoms with Crippen molar-refractivity contribution < 1.29 is 14.6 Å². The second-order valence-electron chi connectivity index (χ2n) is 9.39. The molecule has 0 spiro atoms. The first-order valence-electron chi connectivity index (χ1n) is 10.3. The van der Waals surface area contributed by atoms with Gasteiger partial charge in [0.15, 0.2) is 0 Å². The molecule has 2 aliphatic carbocycles. The number of aromatic amines is 1. The normalized spacial score (nSPS) is 35.1. The molecule has 146 valence electrons. The minimum absolute atomic E-state index is 0.120. The van der Waals surface area contributed by atoms with Gasteiger partial charge in [0, 0.05) is 29.2 Å². The fourth-order valence-electron chi connectivity index (χ4n) is 6.46. The van der Waals surface area contributed by atoms with E-state index >= 15 is 0 Å². The summed E-state index contributed by atoms with van der Waals surface area (Å²) >= 11 is 0. The number of aliphatic hydroxyl groups is 2. The predicted molar refractivity (Wildman–Crippen MR) is 103 cm³/mol. The van der Waals surface area contributed by atoms with Crippen molar-refractivity contribution in [3.63, 3.8) is 0 Å². The third kappa shape index (κ3) is 2.74. The van der Waals surface area contributed by atoms with Crippen LogP contribution in [0.15, 0.2) is 18.3 Å². The van der Waals surface area contributed by atoms with Crippen molar-refractivity contribution >= 4 is 10.9 Å². The van der Waals surface area contributed by atoms with Gasteiger partial charge >= 0.3 is 0 Å². The number of benzene rings is 1. The number of piperidine rings is 2. The molecule has 4 fully saturated rings. The van der Waals surface area contributed by atoms with Crippen LogP contribution in [0.3, 0.4) is 0 Å². The lowest BCUT2D eigenvalue weighted by Gasteiger charge is -2.61. The van der Waals surface area contributed by atoms with Crippen LogP contribution in [-0.4, -0.2) is 44.0 Å². The molecule has 0 amide bonds. The Hall–Kier alpha value is -1.43. The van der Waals surface area contributed by atoms with Crippen LogP contribution in [0.5, 0.6) is 0 Å². The molecule has 4 bridgehead atoms. The van der Waals surface area contributed by atoms with Gasteiger partial charge in [0.1, 0.15) is 12.0 Å². The highest BCUT2D eigenvalue weighted by atomic mass is 19.1. The summed E-state index contributed by atoms with van der Waals surface area (Å²) in [6.45, 7) is 3.93. The zero-order valence-electron chi connectivity index (χ0n) is 16.1. The first kappa shape index (κ1) is 17.7. The van der Waals surface area contributed by atoms with Crippen LogP contribution in [0.1, 0.15) is 62.5 Å². The highest BCUT2D eigenvalue weighted by Gasteiger charge is 2.55. The molecule has 27 heavy (non-hydrogen) atoms. The standard InChI is InChI=1S/C22H29FN2O2/c1-12(17-11-24-19-4-3-18(23)13(2)21(17)19)5-20(26)25-15-6-14-7-16(25)10-22(27,8-14)9-15/h3-4,11-12,14-16,20,24,26-27H,5-10H2,1-2H3. The van der Waals surface area contributed by atoms with Gasteiger partial charge in [-0.1, -0.05) is 6.92 Å². The fourth-order valence-corrected chi connectivity index (χ4v) is 6.46. The molecule has 4 aliphatic rings. The minimum atomic E-state index is -0.516. The summed E-state index contributed by atoms with van der Waals surface area (Å²) < 4.78 is 14.1. The van der Waals surface area contributed by atoms with E-state index in [4.69, 9.17) is 0 Å². The van der Waals surface area contributed by atoms with Crippen molar-refractivity contribution in [1.29, 1.82) is 0 Å². The second kappa shape index (κ2) is 6.03. The SMILES string of the molecule is Cc1c(F)ccc2[nH]cc(C(C)CC(O)N3C4CC5CC3CC(O)(C5)C4)c12. The molecule has 2 saturated heterocycles. The highest BCUT2D eigenvalue weighted by Crippen LogP contribution is 2.52. The van der Waals surface area contributed by atoms with Gasteiger partial charge in [-0.25, -0.2) is 4.39 Å². The molecule has 1 aromatic heterocycles. The van der Waals surface area contributed by atoms with E-state index < -0.39 is 11.8 Å². The molecule has 4 nitrogen and oxygen atoms in total. The van der Waals surface area contributed by atoms with E-state index in [0.29, 0.717) is 30.0 Å². The molecule has 3 N–H and O–H groups in total. The number of nitrogens with zero attached hydrogens (tertiary/aromatic N) is 1. The van der Waals surface area contributed by atoms with Crippen LogP contribution in [0, 0.1) is 18.7 Å². The Labute approximate surface area is 159 Å². The topological polar surface area (TPSA) is 59.5 Å². The largest absolute Gasteiger partial charge is 0.390 e. The Kier molecular flexibility index (Phi) is 3.94. The summed E-state index contributed by atoms with van der Waals surface area (Å²) in [6, 6.07) is 3.88. The molecule has 3 heterocycles. The van der Waals surface area contributed by atoms with Crippen molar-refractivity contribution in [2.45, 2.75) is 82.2 Å². The van der Waals surface area contributed by atoms with Crippen LogP contribution in [-0.2, 0) is 0 Å². The van der Waals surface area contributed by atoms with Gasteiger partial charge in [0.05, 0.1) is 5.60 Å². The summed E-state index contributed by atoms with van der Waals surface area (Å²) in [5.74, 6) is 0.552. The van der Waals surface area contributed by atoms with E-state index in [2.05, 4.69) is 16.8 Å². The number of aryl methyl sites for hydroxylation is 1. The zero-order valence-corrected chi connectivity index (χ0v) is 16.1. The molecule has 2 saturated carbocycles. The third-order valence-electron chi connectivity index (χ3n) is 7.46. The molecule has 0 radical (unpaired) electrons. The summed E-state index contributed by atoms with van der Waals surface area (Å²) in [7, 11) is 0. The maximum atomic E-state index is 14.1. The maximum Gasteiger partial charge on any atom is 0.126 e. The van der Waals surface area contributed by atoms with Crippen molar-refractivity contribution in [3.8, 4) is 0 Å². The Morgan fingerprint density at radius 3 is 2.63 bits per heavy atom. The fraction of sp³-hybridized carbons (Fsp3) is 0.636. The van der Waals surface area contributed by atoms with Crippen LogP contribution in [0.4, 0.5) is 4.39 Å². The van der Waals surface area contributed by atoms with Crippen LogP contribution < -0.4 is 0 Å². The lowest BCUT2D eigenvalue weighted by Crippen LogP contribution is -2.66. The second-order valence-corrected chi connectivity index (χ2v) is 9.39. The lowest BCUT2D eigenvalue weighted by molar-refractivity contribution is -0.199. The van der Waals surface area contributed by atoms with E-state index in [1.165, 1.54) is 6.07 Å². The smallest absolute Gasteiger partial charge is 0.126 e. The average Bonchev–Trinajstić information content (AvgIpc) is 3.01. The van der Waals surface area contributed by atoms with Gasteiger partial charge in [-0.3, -0.25) is 4.90 Å². The molecular formula is C22H29FN2O2. The molecule has 6 rings (SSSR count). The Balaban J connectivity index is 1.37. The van der Waals surface area contributed by atoms with E-state index in [0.717, 1.165) is 48.6 Å². The number of aliphatic hydroxyl groups excluding tert-OH is 1. The number of hydrogen-bond donors (Lipinski definition) is 3. The first-order valence-corrected chi connectivity index (χ1v) is 10.3. The van der Waals surface area contributed by atoms with Crippen LogP contribution in [0.2, 0.25) is 0 Å². The predicted octanol–water partition coefficient (Wildman–Crippen LogP) is 3.81. The van der Waals surface area contributed by atoms with Crippen molar-refractivity contribution in [2.75, 3.05) is 0 Å². The summed E-state index contributed by atoms with van der Waals surface area (Å²) in [5, 5.41) is 22.8. The molecule has 4 unspecified atom stereocenters. The quantitative estimate of drug-likeness (QED) is 0.765. The first-order chi connectivity index (χ1) is 12.8. The lowest BCUT2D eigenvalue weighted by atomic mass is 9.61. The molecular weight excluding hydrogens is 343 g/mol. The molecule has 4 atom stereocenters. The number of fused-ring (bicyclic) bond motifs is 1. The molecule has 2 aliphatic heterocycles. The molecule has 5 heteroatoms. The summed E-state index contributed by atoms with van der Waals surface area (Å²) in [5.41, 5.74) is 2.19. The van der Waals surface area contributed by atoms with Crippen LogP contribution >= 0.6 is 0 Å². The summed E-state index contributed by atoms with van der Waals surface area (Å²) in [4.78, 5) is 5.53. The highest BCUT2D eigenvalue weighted by molar-refractivity contribution is 5.87. The Morgan fingerprint density at radius 1 is 1.26 bits per heavy atom. The van der Waals surface area contributed by atoms with Gasteiger partial charge in [-0.2, -0.15) is 0 Å². The van der Waals surface area contributed by atoms with E-state index in [-0.39, 0.29) is 11.7 Å². The van der Waals surface area contributed by atoms with Gasteiger partial charge in [0.25, 0.3) is 0 Å². The summed E-state index contributed by atoms with van der Waals surface area (Å²) in [6.07, 6.45) is 6.80. The number of nitrogens with one attached hydrogen (secondary N) is 1. The molecule has 2 aromatic rings. The number of H-pyrrole nitrogens is 1. The van der Waals surface area contributed by atoms with Crippen molar-refractivity contribution in [1.82, 2.24) is 9.88 Å². The number of halogens is 1. The maximum absolute atomic E-state index is 14.1. The zero-order chi connectivity index (χ0) is 18.9. The molecule has 1 aromatic carbocycles. The Morgan fingerprint density at radius 2 is 1.96 bits per heavy atom. The van der Waals surface area contributed by atoms with E-state index in [1.54, 1.807) is 6.07 Å². The van der Waals surface area contributed by atoms with Gasteiger partial charge < -0.3 is 15.2 Å². The van der Waals surface area contributed by atoms with Crippen molar-refractivity contribution in [3.05, 3.63) is 35.3 Å². The third-order valence-corrected chi connectivity index (χ3v) is 7.46. The number of aromatic nitrogens is 1. The van der Waals surface area contributed by atoms with Crippen LogP contribution in [0.25, 0.3) is 10.9 Å². The van der Waals surface area contributed by atoms with Gasteiger partial charge in [-0.15, -0.1) is 0 Å². The van der Waals surface area contributed by atoms with Gasteiger partial charge in [0.2, 0.25) is 0 Å². The van der Waals surface area contributed by atoms with E-state index in [9.17, 15) is 14.6 Å². The van der Waals surface area contributed by atoms with Crippen molar-refractivity contribution in [2.24, 2.45) is 5.92 Å². The number of rotatable bonds is 4. The average molecular weight is 372 g/mol. The monoisotopic (exact) mass is 372 g/mol. The minimum Gasteiger partial charge on any atom is -0.390 e. The van der Waals surface area contributed by atoms with Gasteiger partial charge in [-0.05, 0) is 80.5 Å².